The first-order valence-electron chi connectivity index (χ1n) is 5.28. The van der Waals surface area contributed by atoms with Gasteiger partial charge in [0, 0.05) is 17.1 Å². The molecule has 0 unspecified atom stereocenters. The second-order valence-corrected chi connectivity index (χ2v) is 3.85. The molecular formula is C12H11N5. The van der Waals surface area contributed by atoms with Crippen LogP contribution in [0.5, 0.6) is 0 Å². The molecule has 1 aromatic carbocycles. The van der Waals surface area contributed by atoms with E-state index < -0.39 is 0 Å². The van der Waals surface area contributed by atoms with Gasteiger partial charge in [0.1, 0.15) is 0 Å². The van der Waals surface area contributed by atoms with E-state index in [9.17, 15) is 0 Å². The molecule has 0 aliphatic heterocycles. The van der Waals surface area contributed by atoms with Crippen LogP contribution in [0.15, 0.2) is 36.7 Å². The Morgan fingerprint density at radius 2 is 2.00 bits per heavy atom. The smallest absolute Gasteiger partial charge is 0.222 e. The van der Waals surface area contributed by atoms with Crippen LogP contribution in [-0.2, 0) is 0 Å². The maximum atomic E-state index is 5.61. The summed E-state index contributed by atoms with van der Waals surface area (Å²) in [5.41, 5.74) is 7.56. The SMILES string of the molecule is Cc1cnc(N)nc1-n1ncc2ccccc21. The van der Waals surface area contributed by atoms with Crippen molar-refractivity contribution in [1.82, 2.24) is 19.7 Å². The molecule has 0 atom stereocenters. The molecule has 0 saturated carbocycles. The van der Waals surface area contributed by atoms with Crippen molar-refractivity contribution in [1.29, 1.82) is 0 Å². The molecule has 3 aromatic rings. The zero-order chi connectivity index (χ0) is 11.8. The van der Waals surface area contributed by atoms with Gasteiger partial charge in [-0.05, 0) is 13.0 Å². The van der Waals surface area contributed by atoms with Crippen molar-refractivity contribution in [3.63, 3.8) is 0 Å². The molecule has 0 saturated heterocycles. The predicted octanol–water partition coefficient (Wildman–Crippen LogP) is 1.71. The van der Waals surface area contributed by atoms with Crippen LogP contribution in [0, 0.1) is 6.92 Å². The highest BCUT2D eigenvalue weighted by Gasteiger charge is 2.08. The number of nitrogen functional groups attached to an aromatic ring is 1. The van der Waals surface area contributed by atoms with E-state index in [1.54, 1.807) is 10.9 Å². The molecule has 0 spiro atoms. The van der Waals surface area contributed by atoms with E-state index in [1.807, 2.05) is 37.4 Å². The lowest BCUT2D eigenvalue weighted by molar-refractivity contribution is 0.858. The van der Waals surface area contributed by atoms with Gasteiger partial charge >= 0.3 is 0 Å². The molecule has 2 heterocycles. The fourth-order valence-corrected chi connectivity index (χ4v) is 1.80. The van der Waals surface area contributed by atoms with Gasteiger partial charge < -0.3 is 5.73 Å². The number of nitrogens with two attached hydrogens (primary N) is 1. The van der Waals surface area contributed by atoms with Gasteiger partial charge in [-0.2, -0.15) is 10.1 Å². The minimum atomic E-state index is 0.255. The summed E-state index contributed by atoms with van der Waals surface area (Å²) in [7, 11) is 0. The Morgan fingerprint density at radius 1 is 1.18 bits per heavy atom. The fraction of sp³-hybridized carbons (Fsp3) is 0.0833. The van der Waals surface area contributed by atoms with Crippen LogP contribution >= 0.6 is 0 Å². The molecule has 5 heteroatoms. The molecule has 0 fully saturated rings. The lowest BCUT2D eigenvalue weighted by atomic mass is 10.2. The predicted molar refractivity (Wildman–Crippen MR) is 65.8 cm³/mol. The maximum Gasteiger partial charge on any atom is 0.222 e. The number of benzene rings is 1. The highest BCUT2D eigenvalue weighted by atomic mass is 15.3. The molecule has 84 valence electrons. The minimum absolute atomic E-state index is 0.255. The number of nitrogens with zero attached hydrogens (tertiary/aromatic N) is 4. The maximum absolute atomic E-state index is 5.61. The van der Waals surface area contributed by atoms with Crippen molar-refractivity contribution in [2.75, 3.05) is 5.73 Å². The number of rotatable bonds is 1. The van der Waals surface area contributed by atoms with Crippen LogP contribution in [0.2, 0.25) is 0 Å². The average Bonchev–Trinajstić information content (AvgIpc) is 2.76. The molecule has 0 bridgehead atoms. The summed E-state index contributed by atoms with van der Waals surface area (Å²) < 4.78 is 1.78. The molecule has 2 aromatic heterocycles. The van der Waals surface area contributed by atoms with Gasteiger partial charge in [-0.3, -0.25) is 0 Å². The number of anilines is 1. The lowest BCUT2D eigenvalue weighted by Gasteiger charge is -2.06. The van der Waals surface area contributed by atoms with E-state index in [-0.39, 0.29) is 5.95 Å². The van der Waals surface area contributed by atoms with Crippen LogP contribution in [-0.4, -0.2) is 19.7 Å². The Morgan fingerprint density at radius 3 is 2.88 bits per heavy atom. The van der Waals surface area contributed by atoms with Gasteiger partial charge in [0.05, 0.1) is 11.7 Å². The second kappa shape index (κ2) is 3.55. The monoisotopic (exact) mass is 225 g/mol. The van der Waals surface area contributed by atoms with E-state index in [4.69, 9.17) is 5.73 Å². The quantitative estimate of drug-likeness (QED) is 0.684. The Bertz CT molecular complexity index is 686. The first-order chi connectivity index (χ1) is 8.25. The molecule has 0 amide bonds. The third-order valence-corrected chi connectivity index (χ3v) is 2.64. The largest absolute Gasteiger partial charge is 0.368 e. The van der Waals surface area contributed by atoms with Crippen molar-refractivity contribution in [2.45, 2.75) is 6.92 Å². The summed E-state index contributed by atoms with van der Waals surface area (Å²) in [5.74, 6) is 0.976. The van der Waals surface area contributed by atoms with Crippen molar-refractivity contribution in [2.24, 2.45) is 0 Å². The Hall–Kier alpha value is -2.43. The van der Waals surface area contributed by atoms with E-state index in [0.717, 1.165) is 22.3 Å². The van der Waals surface area contributed by atoms with Crippen LogP contribution in [0.25, 0.3) is 16.7 Å². The number of fused-ring (bicyclic) bond motifs is 1. The standard InChI is InChI=1S/C12H11N5/c1-8-6-14-12(13)16-11(8)17-10-5-3-2-4-9(10)7-15-17/h2-7H,1H3,(H2,13,14,16). The molecule has 17 heavy (non-hydrogen) atoms. The zero-order valence-corrected chi connectivity index (χ0v) is 9.33. The topological polar surface area (TPSA) is 69.6 Å². The fourth-order valence-electron chi connectivity index (χ4n) is 1.80. The number of aryl methyl sites for hydroxylation is 1. The van der Waals surface area contributed by atoms with E-state index in [0.29, 0.717) is 0 Å². The Balaban J connectivity index is 2.31. The van der Waals surface area contributed by atoms with Crippen molar-refractivity contribution in [3.05, 3.63) is 42.2 Å². The molecule has 5 nitrogen and oxygen atoms in total. The molecular weight excluding hydrogens is 214 g/mol. The molecule has 0 aliphatic carbocycles. The summed E-state index contributed by atoms with van der Waals surface area (Å²) in [4.78, 5) is 8.19. The summed E-state index contributed by atoms with van der Waals surface area (Å²) in [6.45, 7) is 1.94. The lowest BCUT2D eigenvalue weighted by Crippen LogP contribution is -2.06. The number of para-hydroxylation sites is 1. The number of aromatic nitrogens is 4. The first kappa shape index (κ1) is 9.77. The molecule has 3 rings (SSSR count). The van der Waals surface area contributed by atoms with Gasteiger partial charge in [-0.1, -0.05) is 18.2 Å². The third kappa shape index (κ3) is 1.52. The minimum Gasteiger partial charge on any atom is -0.368 e. The molecule has 0 aliphatic rings. The highest BCUT2D eigenvalue weighted by Crippen LogP contribution is 2.18. The zero-order valence-electron chi connectivity index (χ0n) is 9.33. The van der Waals surface area contributed by atoms with E-state index >= 15 is 0 Å². The first-order valence-corrected chi connectivity index (χ1v) is 5.28. The summed E-state index contributed by atoms with van der Waals surface area (Å²) >= 11 is 0. The van der Waals surface area contributed by atoms with Crippen molar-refractivity contribution < 1.29 is 0 Å². The Kier molecular flexibility index (Phi) is 2.04. The average molecular weight is 225 g/mol. The third-order valence-electron chi connectivity index (χ3n) is 2.64. The normalized spacial score (nSPS) is 10.9. The van der Waals surface area contributed by atoms with Gasteiger partial charge in [-0.15, -0.1) is 0 Å². The number of hydrogen-bond acceptors (Lipinski definition) is 4. The van der Waals surface area contributed by atoms with Gasteiger partial charge in [0.25, 0.3) is 0 Å². The number of hydrogen-bond donors (Lipinski definition) is 1. The van der Waals surface area contributed by atoms with Crippen LogP contribution in [0.1, 0.15) is 5.56 Å². The van der Waals surface area contributed by atoms with Crippen LogP contribution in [0.4, 0.5) is 5.95 Å². The van der Waals surface area contributed by atoms with Gasteiger partial charge in [0.2, 0.25) is 5.95 Å². The van der Waals surface area contributed by atoms with Crippen LogP contribution < -0.4 is 5.73 Å². The van der Waals surface area contributed by atoms with Gasteiger partial charge in [0.15, 0.2) is 5.82 Å². The Labute approximate surface area is 97.9 Å². The van der Waals surface area contributed by atoms with Crippen molar-refractivity contribution in [3.8, 4) is 5.82 Å². The van der Waals surface area contributed by atoms with Crippen molar-refractivity contribution >= 4 is 16.9 Å². The van der Waals surface area contributed by atoms with E-state index in [1.165, 1.54) is 0 Å². The van der Waals surface area contributed by atoms with Crippen LogP contribution in [0.3, 0.4) is 0 Å². The second-order valence-electron chi connectivity index (χ2n) is 3.85. The summed E-state index contributed by atoms with van der Waals surface area (Å²) in [5, 5.41) is 5.41. The highest BCUT2D eigenvalue weighted by molar-refractivity contribution is 5.79. The molecule has 0 radical (unpaired) electrons. The van der Waals surface area contributed by atoms with Gasteiger partial charge in [-0.25, -0.2) is 9.67 Å². The summed E-state index contributed by atoms with van der Waals surface area (Å²) in [6, 6.07) is 7.97. The van der Waals surface area contributed by atoms with E-state index in [2.05, 4.69) is 15.1 Å². The summed E-state index contributed by atoms with van der Waals surface area (Å²) in [6.07, 6.45) is 3.52. The molecule has 2 N–H and O–H groups in total.